The Hall–Kier alpha value is -1.63. The van der Waals surface area contributed by atoms with Crippen LogP contribution in [0.5, 0.6) is 0 Å². The van der Waals surface area contributed by atoms with Crippen molar-refractivity contribution in [2.75, 3.05) is 0 Å². The van der Waals surface area contributed by atoms with Crippen molar-refractivity contribution >= 4 is 21.7 Å². The summed E-state index contributed by atoms with van der Waals surface area (Å²) in [6.45, 7) is 4.16. The van der Waals surface area contributed by atoms with Crippen molar-refractivity contribution < 1.29 is 18.0 Å². The average Bonchev–Trinajstić information content (AvgIpc) is 2.72. The van der Waals surface area contributed by atoms with Gasteiger partial charge in [-0.25, -0.2) is 13.2 Å². The molecular formula is C14H12BrF3N2O. The molecule has 0 saturated carbocycles. The standard InChI is InChI=1S/C14H12BrF3N2O/c1-3-20-10(12(15)7(2)19-20)6-11(21)8-4-5-9(16)14(18)13(8)17/h4-5H,3,6H2,1-2H3. The van der Waals surface area contributed by atoms with Gasteiger partial charge >= 0.3 is 0 Å². The van der Waals surface area contributed by atoms with Gasteiger partial charge in [0.2, 0.25) is 0 Å². The summed E-state index contributed by atoms with van der Waals surface area (Å²) in [4.78, 5) is 12.1. The second-order valence-electron chi connectivity index (χ2n) is 4.48. The second-order valence-corrected chi connectivity index (χ2v) is 5.28. The van der Waals surface area contributed by atoms with Gasteiger partial charge in [0.25, 0.3) is 0 Å². The van der Waals surface area contributed by atoms with Gasteiger partial charge in [-0.15, -0.1) is 0 Å². The van der Waals surface area contributed by atoms with Crippen molar-refractivity contribution in [2.24, 2.45) is 0 Å². The number of hydrogen-bond acceptors (Lipinski definition) is 2. The lowest BCUT2D eigenvalue weighted by Gasteiger charge is -2.07. The van der Waals surface area contributed by atoms with Crippen molar-refractivity contribution in [3.05, 3.63) is 51.0 Å². The Kier molecular flexibility index (Phi) is 4.51. The van der Waals surface area contributed by atoms with E-state index >= 15 is 0 Å². The Morgan fingerprint density at radius 1 is 1.29 bits per heavy atom. The molecule has 0 bridgehead atoms. The van der Waals surface area contributed by atoms with Crippen molar-refractivity contribution in [3.8, 4) is 0 Å². The highest BCUT2D eigenvalue weighted by molar-refractivity contribution is 9.10. The maximum absolute atomic E-state index is 13.6. The minimum absolute atomic E-state index is 0.156. The van der Waals surface area contributed by atoms with Gasteiger partial charge in [0, 0.05) is 6.54 Å². The van der Waals surface area contributed by atoms with E-state index in [0.717, 1.165) is 12.1 Å². The molecule has 1 heterocycles. The molecule has 1 aromatic carbocycles. The van der Waals surface area contributed by atoms with E-state index in [0.29, 0.717) is 22.4 Å². The van der Waals surface area contributed by atoms with Crippen LogP contribution in [0, 0.1) is 24.4 Å². The third-order valence-electron chi connectivity index (χ3n) is 3.12. The van der Waals surface area contributed by atoms with E-state index in [1.54, 1.807) is 11.6 Å². The van der Waals surface area contributed by atoms with Crippen LogP contribution >= 0.6 is 15.9 Å². The van der Waals surface area contributed by atoms with Crippen LogP contribution in [-0.2, 0) is 13.0 Å². The number of benzene rings is 1. The molecule has 0 unspecified atom stereocenters. The molecule has 0 saturated heterocycles. The van der Waals surface area contributed by atoms with Gasteiger partial charge in [-0.1, -0.05) is 0 Å². The van der Waals surface area contributed by atoms with Crippen LogP contribution in [0.3, 0.4) is 0 Å². The molecule has 0 aliphatic heterocycles. The van der Waals surface area contributed by atoms with Crippen LogP contribution in [0.2, 0.25) is 0 Å². The zero-order valence-electron chi connectivity index (χ0n) is 11.4. The Balaban J connectivity index is 2.37. The van der Waals surface area contributed by atoms with E-state index in [4.69, 9.17) is 0 Å². The molecule has 0 radical (unpaired) electrons. The summed E-state index contributed by atoms with van der Waals surface area (Å²) >= 11 is 3.32. The van der Waals surface area contributed by atoms with E-state index in [1.165, 1.54) is 0 Å². The maximum atomic E-state index is 13.6. The first-order valence-corrected chi connectivity index (χ1v) is 7.04. The third kappa shape index (κ3) is 2.88. The lowest BCUT2D eigenvalue weighted by Crippen LogP contribution is -2.12. The highest BCUT2D eigenvalue weighted by atomic mass is 79.9. The second kappa shape index (κ2) is 6.01. The molecule has 0 aliphatic carbocycles. The minimum atomic E-state index is -1.64. The monoisotopic (exact) mass is 360 g/mol. The van der Waals surface area contributed by atoms with Gasteiger partial charge in [-0.05, 0) is 41.9 Å². The first-order chi connectivity index (χ1) is 9.86. The van der Waals surface area contributed by atoms with E-state index in [2.05, 4.69) is 21.0 Å². The molecule has 3 nitrogen and oxygen atoms in total. The van der Waals surface area contributed by atoms with Crippen LogP contribution in [0.25, 0.3) is 0 Å². The van der Waals surface area contributed by atoms with Gasteiger partial charge in [0.1, 0.15) is 0 Å². The summed E-state index contributed by atoms with van der Waals surface area (Å²) < 4.78 is 42.0. The van der Waals surface area contributed by atoms with Crippen LogP contribution in [-0.4, -0.2) is 15.6 Å². The van der Waals surface area contributed by atoms with E-state index in [1.807, 2.05) is 6.92 Å². The van der Waals surface area contributed by atoms with Gasteiger partial charge in [0.05, 0.1) is 27.8 Å². The molecular weight excluding hydrogens is 349 g/mol. The Morgan fingerprint density at radius 2 is 1.95 bits per heavy atom. The molecule has 21 heavy (non-hydrogen) atoms. The first kappa shape index (κ1) is 15.8. The van der Waals surface area contributed by atoms with E-state index < -0.39 is 28.8 Å². The summed E-state index contributed by atoms with van der Waals surface area (Å²) in [7, 11) is 0. The number of carbonyl (C=O) groups excluding carboxylic acids is 1. The molecule has 2 rings (SSSR count). The molecule has 2 aromatic rings. The van der Waals surface area contributed by atoms with E-state index in [-0.39, 0.29) is 6.42 Å². The summed E-state index contributed by atoms with van der Waals surface area (Å²) in [6, 6.07) is 1.69. The molecule has 0 spiro atoms. The number of Topliss-reactive ketones (excluding diaryl/α,β-unsaturated/α-hetero) is 1. The van der Waals surface area contributed by atoms with Gasteiger partial charge in [0.15, 0.2) is 23.2 Å². The molecule has 1 aromatic heterocycles. The number of hydrogen-bond donors (Lipinski definition) is 0. The fourth-order valence-corrected chi connectivity index (χ4v) is 2.45. The number of ketones is 1. The Bertz CT molecular complexity index is 713. The van der Waals surface area contributed by atoms with Crippen LogP contribution < -0.4 is 0 Å². The van der Waals surface area contributed by atoms with Crippen LogP contribution in [0.15, 0.2) is 16.6 Å². The number of carbonyl (C=O) groups is 1. The van der Waals surface area contributed by atoms with Crippen molar-refractivity contribution in [1.29, 1.82) is 0 Å². The molecule has 0 amide bonds. The normalized spacial score (nSPS) is 11.0. The molecule has 112 valence electrons. The summed E-state index contributed by atoms with van der Waals surface area (Å²) in [5, 5.41) is 4.22. The van der Waals surface area contributed by atoms with Crippen molar-refractivity contribution in [2.45, 2.75) is 26.8 Å². The molecule has 0 atom stereocenters. The zero-order valence-corrected chi connectivity index (χ0v) is 13.0. The lowest BCUT2D eigenvalue weighted by atomic mass is 10.1. The maximum Gasteiger partial charge on any atom is 0.195 e. The summed E-state index contributed by atoms with van der Waals surface area (Å²) in [6.07, 6.45) is -0.156. The quantitative estimate of drug-likeness (QED) is 0.613. The largest absolute Gasteiger partial charge is 0.294 e. The lowest BCUT2D eigenvalue weighted by molar-refractivity contribution is 0.0985. The number of halogens is 4. The fourth-order valence-electron chi connectivity index (χ4n) is 2.03. The number of rotatable bonds is 4. The summed E-state index contributed by atoms with van der Waals surface area (Å²) in [5.41, 5.74) is 0.803. The SMILES string of the molecule is CCn1nc(C)c(Br)c1CC(=O)c1ccc(F)c(F)c1F. The molecule has 0 N–H and O–H groups in total. The zero-order chi connectivity index (χ0) is 15.7. The molecule has 7 heteroatoms. The van der Waals surface area contributed by atoms with Crippen molar-refractivity contribution in [1.82, 2.24) is 9.78 Å². The Labute approximate surface area is 127 Å². The highest BCUT2D eigenvalue weighted by Gasteiger charge is 2.22. The number of aromatic nitrogens is 2. The number of aryl methyl sites for hydroxylation is 2. The fraction of sp³-hybridized carbons (Fsp3) is 0.286. The average molecular weight is 361 g/mol. The van der Waals surface area contributed by atoms with Gasteiger partial charge < -0.3 is 0 Å². The van der Waals surface area contributed by atoms with Gasteiger partial charge in [-0.3, -0.25) is 9.48 Å². The topological polar surface area (TPSA) is 34.9 Å². The van der Waals surface area contributed by atoms with Crippen molar-refractivity contribution in [3.63, 3.8) is 0 Å². The predicted molar refractivity (Wildman–Crippen MR) is 74.7 cm³/mol. The smallest absolute Gasteiger partial charge is 0.195 e. The van der Waals surface area contributed by atoms with Crippen LogP contribution in [0.1, 0.15) is 28.7 Å². The highest BCUT2D eigenvalue weighted by Crippen LogP contribution is 2.24. The first-order valence-electron chi connectivity index (χ1n) is 6.25. The third-order valence-corrected chi connectivity index (χ3v) is 4.15. The number of nitrogens with zero attached hydrogens (tertiary/aromatic N) is 2. The minimum Gasteiger partial charge on any atom is -0.294 e. The molecule has 0 aliphatic rings. The summed E-state index contributed by atoms with van der Waals surface area (Å²) in [5.74, 6) is -5.06. The predicted octanol–water partition coefficient (Wildman–Crippen LogP) is 3.82. The Morgan fingerprint density at radius 3 is 2.57 bits per heavy atom. The molecule has 0 fully saturated rings. The van der Waals surface area contributed by atoms with E-state index in [9.17, 15) is 18.0 Å². The van der Waals surface area contributed by atoms with Gasteiger partial charge in [-0.2, -0.15) is 5.10 Å². The van der Waals surface area contributed by atoms with Crippen LogP contribution in [0.4, 0.5) is 13.2 Å².